The average Bonchev–Trinajstić information content (AvgIpc) is 3.02. The van der Waals surface area contributed by atoms with E-state index in [4.69, 9.17) is 4.18 Å². The third-order valence-electron chi connectivity index (χ3n) is 7.07. The van der Waals surface area contributed by atoms with Crippen LogP contribution in [0.15, 0.2) is 36.4 Å². The zero-order chi connectivity index (χ0) is 29.2. The van der Waals surface area contributed by atoms with Crippen LogP contribution in [0.25, 0.3) is 0 Å². The van der Waals surface area contributed by atoms with Gasteiger partial charge in [0, 0.05) is 6.42 Å². The third kappa shape index (κ3) is 8.28. The molecule has 216 valence electrons. The van der Waals surface area contributed by atoms with E-state index in [1.165, 1.54) is 0 Å². The molecule has 0 aliphatic carbocycles. The molecule has 2 atom stereocenters. The molecule has 0 amide bonds. The summed E-state index contributed by atoms with van der Waals surface area (Å²) in [4.78, 5) is 13.4. The zero-order valence-corrected chi connectivity index (χ0v) is 22.6. The van der Waals surface area contributed by atoms with Crippen molar-refractivity contribution in [3.05, 3.63) is 69.8 Å². The number of halogens is 6. The van der Waals surface area contributed by atoms with E-state index in [1.54, 1.807) is 0 Å². The number of aryl methyl sites for hydroxylation is 2. The Bertz CT molecular complexity index is 1270. The molecule has 1 fully saturated rings. The minimum atomic E-state index is -5.02. The van der Waals surface area contributed by atoms with Crippen LogP contribution in [-0.2, 0) is 43.3 Å². The van der Waals surface area contributed by atoms with E-state index >= 15 is 0 Å². The normalized spacial score (nSPS) is 21.0. The molecule has 1 saturated heterocycles. The SMILES string of the molecule is Cc1ccc(C)c(C2(CCOS(C)(=O)=O)CCCNC(C(=O)Cc3cc(C(F)(F)F)cc(C(F)(F)F)c3)C2)c1. The van der Waals surface area contributed by atoms with Crippen molar-refractivity contribution in [2.24, 2.45) is 0 Å². The highest BCUT2D eigenvalue weighted by atomic mass is 32.2. The molecule has 2 unspecified atom stereocenters. The maximum atomic E-state index is 13.4. The minimum absolute atomic E-state index is 0.0329. The highest BCUT2D eigenvalue weighted by molar-refractivity contribution is 7.85. The standard InChI is InChI=1S/C27H31F6NO4S/c1-17-5-6-18(2)22(11-17)25(8-10-38-39(3,36)37)7-4-9-34-23(16-25)24(35)14-19-12-20(26(28,29)30)15-21(13-19)27(31,32)33/h5-6,11-13,15,23,34H,4,7-10,14,16H2,1-3H3. The molecule has 2 aromatic carbocycles. The Morgan fingerprint density at radius 3 is 2.21 bits per heavy atom. The average molecular weight is 580 g/mol. The van der Waals surface area contributed by atoms with Crippen molar-refractivity contribution in [2.75, 3.05) is 19.4 Å². The highest BCUT2D eigenvalue weighted by Crippen LogP contribution is 2.42. The molecule has 1 aliphatic heterocycles. The summed E-state index contributed by atoms with van der Waals surface area (Å²) in [5.41, 5.74) is -1.28. The molecule has 3 rings (SSSR count). The van der Waals surface area contributed by atoms with Crippen LogP contribution in [0.1, 0.15) is 59.1 Å². The second-order valence-corrected chi connectivity index (χ2v) is 11.9. The first-order valence-electron chi connectivity index (χ1n) is 12.4. The number of carbonyl (C=O) groups excluding carboxylic acids is 1. The minimum Gasteiger partial charge on any atom is -0.307 e. The lowest BCUT2D eigenvalue weighted by Crippen LogP contribution is -2.42. The number of hydrogen-bond donors (Lipinski definition) is 1. The van der Waals surface area contributed by atoms with Gasteiger partial charge in [-0.05, 0) is 86.4 Å². The van der Waals surface area contributed by atoms with Crippen LogP contribution >= 0.6 is 0 Å². The molecule has 12 heteroatoms. The second kappa shape index (κ2) is 11.6. The molecule has 1 aliphatic rings. The molecule has 39 heavy (non-hydrogen) atoms. The Morgan fingerprint density at radius 2 is 1.64 bits per heavy atom. The predicted molar refractivity (Wildman–Crippen MR) is 134 cm³/mol. The third-order valence-corrected chi connectivity index (χ3v) is 7.67. The van der Waals surface area contributed by atoms with Gasteiger partial charge in [-0.25, -0.2) is 0 Å². The number of hydrogen-bond acceptors (Lipinski definition) is 5. The fourth-order valence-corrected chi connectivity index (χ4v) is 5.63. The second-order valence-electron chi connectivity index (χ2n) is 10.2. The van der Waals surface area contributed by atoms with Gasteiger partial charge in [0.05, 0.1) is 30.0 Å². The van der Waals surface area contributed by atoms with Gasteiger partial charge in [0.15, 0.2) is 5.78 Å². The summed E-state index contributed by atoms with van der Waals surface area (Å²) in [5, 5.41) is 3.10. The summed E-state index contributed by atoms with van der Waals surface area (Å²) in [6.45, 7) is 4.04. The van der Waals surface area contributed by atoms with Gasteiger partial charge in [0.25, 0.3) is 10.1 Å². The van der Waals surface area contributed by atoms with E-state index in [9.17, 15) is 39.6 Å². The van der Waals surface area contributed by atoms with Gasteiger partial charge < -0.3 is 5.32 Å². The number of alkyl halides is 6. The van der Waals surface area contributed by atoms with Crippen LogP contribution in [0.2, 0.25) is 0 Å². The molecular formula is C27H31F6NO4S. The van der Waals surface area contributed by atoms with E-state index < -0.39 is 57.3 Å². The largest absolute Gasteiger partial charge is 0.416 e. The van der Waals surface area contributed by atoms with Crippen molar-refractivity contribution >= 4 is 15.9 Å². The van der Waals surface area contributed by atoms with Gasteiger partial charge in [-0.2, -0.15) is 34.8 Å². The summed E-state index contributed by atoms with van der Waals surface area (Å²) in [6, 6.07) is 6.10. The Kier molecular flexibility index (Phi) is 9.23. The Hall–Kier alpha value is -2.44. The van der Waals surface area contributed by atoms with Crippen LogP contribution in [0.5, 0.6) is 0 Å². The van der Waals surface area contributed by atoms with Gasteiger partial charge in [-0.15, -0.1) is 0 Å². The molecule has 0 saturated carbocycles. The molecule has 5 nitrogen and oxygen atoms in total. The molecule has 1 N–H and O–H groups in total. The molecule has 2 aromatic rings. The number of nitrogens with one attached hydrogen (secondary N) is 1. The van der Waals surface area contributed by atoms with Crippen LogP contribution in [0, 0.1) is 13.8 Å². The quantitative estimate of drug-likeness (QED) is 0.312. The van der Waals surface area contributed by atoms with E-state index in [0.29, 0.717) is 31.5 Å². The summed E-state index contributed by atoms with van der Waals surface area (Å²) in [6.07, 6.45) is -8.13. The molecule has 1 heterocycles. The van der Waals surface area contributed by atoms with E-state index in [2.05, 4.69) is 5.32 Å². The molecule has 0 spiro atoms. The van der Waals surface area contributed by atoms with E-state index in [0.717, 1.165) is 22.9 Å². The van der Waals surface area contributed by atoms with Crippen LogP contribution < -0.4 is 5.32 Å². The van der Waals surface area contributed by atoms with Crippen LogP contribution in [0.4, 0.5) is 26.3 Å². The smallest absolute Gasteiger partial charge is 0.307 e. The number of ketones is 1. The van der Waals surface area contributed by atoms with Crippen LogP contribution in [-0.4, -0.2) is 39.7 Å². The molecule has 0 bridgehead atoms. The van der Waals surface area contributed by atoms with Crippen molar-refractivity contribution in [1.29, 1.82) is 0 Å². The number of benzene rings is 2. The van der Waals surface area contributed by atoms with Crippen molar-refractivity contribution in [1.82, 2.24) is 5.32 Å². The summed E-state index contributed by atoms with van der Waals surface area (Å²) in [5.74, 6) is -0.553. The summed E-state index contributed by atoms with van der Waals surface area (Å²) >= 11 is 0. The van der Waals surface area contributed by atoms with Gasteiger partial charge >= 0.3 is 12.4 Å². The summed E-state index contributed by atoms with van der Waals surface area (Å²) < 4.78 is 108. The fraction of sp³-hybridized carbons (Fsp3) is 0.519. The first kappa shape index (κ1) is 31.1. The first-order valence-corrected chi connectivity index (χ1v) is 14.2. The Balaban J connectivity index is 1.97. The lowest BCUT2D eigenvalue weighted by Gasteiger charge is -2.37. The molecular weight excluding hydrogens is 548 g/mol. The van der Waals surface area contributed by atoms with Crippen LogP contribution in [0.3, 0.4) is 0 Å². The van der Waals surface area contributed by atoms with E-state index in [-0.39, 0.29) is 31.1 Å². The van der Waals surface area contributed by atoms with E-state index in [1.807, 2.05) is 32.0 Å². The molecule has 0 aromatic heterocycles. The molecule has 0 radical (unpaired) electrons. The maximum absolute atomic E-state index is 13.4. The predicted octanol–water partition coefficient (Wildman–Crippen LogP) is 5.90. The number of rotatable bonds is 8. The topological polar surface area (TPSA) is 72.5 Å². The number of Topliss-reactive ketones (excluding diaryl/α,β-unsaturated/α-hetero) is 1. The highest BCUT2D eigenvalue weighted by Gasteiger charge is 2.41. The zero-order valence-electron chi connectivity index (χ0n) is 21.8. The lowest BCUT2D eigenvalue weighted by atomic mass is 9.68. The lowest BCUT2D eigenvalue weighted by molar-refractivity contribution is -0.143. The maximum Gasteiger partial charge on any atom is 0.416 e. The number of carbonyl (C=O) groups is 1. The van der Waals surface area contributed by atoms with Gasteiger partial charge in [-0.1, -0.05) is 23.8 Å². The first-order chi connectivity index (χ1) is 17.9. The van der Waals surface area contributed by atoms with Crippen molar-refractivity contribution < 1.29 is 43.7 Å². The van der Waals surface area contributed by atoms with Gasteiger partial charge in [0.1, 0.15) is 0 Å². The van der Waals surface area contributed by atoms with Crippen molar-refractivity contribution in [2.45, 2.75) is 69.8 Å². The van der Waals surface area contributed by atoms with Gasteiger partial charge in [0.2, 0.25) is 0 Å². The van der Waals surface area contributed by atoms with Gasteiger partial charge in [-0.3, -0.25) is 8.98 Å². The monoisotopic (exact) mass is 579 g/mol. The van der Waals surface area contributed by atoms with Crippen molar-refractivity contribution in [3.8, 4) is 0 Å². The fourth-order valence-electron chi connectivity index (χ4n) is 5.24. The Morgan fingerprint density at radius 1 is 1.03 bits per heavy atom. The summed E-state index contributed by atoms with van der Waals surface area (Å²) in [7, 11) is -3.73. The Labute approximate surface area is 224 Å². The van der Waals surface area contributed by atoms with Crippen molar-refractivity contribution in [3.63, 3.8) is 0 Å².